The van der Waals surface area contributed by atoms with Crippen LogP contribution in [0.3, 0.4) is 0 Å². The Balaban J connectivity index is 1.80. The Morgan fingerprint density at radius 1 is 1.03 bits per heavy atom. The fraction of sp³-hybridized carbons (Fsp3) is 0.261. The van der Waals surface area contributed by atoms with E-state index < -0.39 is 5.97 Å². The van der Waals surface area contributed by atoms with Gasteiger partial charge in [-0.1, -0.05) is 49.6 Å². The van der Waals surface area contributed by atoms with Crippen LogP contribution in [0.2, 0.25) is 5.02 Å². The molecule has 0 saturated carbocycles. The number of nitrogens with one attached hydrogen (secondary N) is 1. The van der Waals surface area contributed by atoms with E-state index in [1.807, 2.05) is 0 Å². The highest BCUT2D eigenvalue weighted by molar-refractivity contribution is 6.32. The van der Waals surface area contributed by atoms with Crippen molar-refractivity contribution in [3.05, 3.63) is 70.8 Å². The molecule has 2 rings (SSSR count). The van der Waals surface area contributed by atoms with Crippen molar-refractivity contribution in [2.45, 2.75) is 32.6 Å². The molecule has 0 spiro atoms. The van der Waals surface area contributed by atoms with Crippen LogP contribution in [0, 0.1) is 0 Å². The van der Waals surface area contributed by atoms with Gasteiger partial charge in [-0.25, -0.2) is 4.79 Å². The van der Waals surface area contributed by atoms with Crippen molar-refractivity contribution in [1.29, 1.82) is 0 Å². The molecule has 0 bridgehead atoms. The van der Waals surface area contributed by atoms with E-state index in [0.29, 0.717) is 28.3 Å². The topological polar surface area (TPSA) is 72.5 Å². The quantitative estimate of drug-likeness (QED) is 0.248. The Kier molecular flexibility index (Phi) is 9.12. The van der Waals surface area contributed by atoms with Gasteiger partial charge in [-0.3, -0.25) is 9.59 Å². The minimum absolute atomic E-state index is 0.0447. The van der Waals surface area contributed by atoms with Gasteiger partial charge >= 0.3 is 5.97 Å². The Bertz CT molecular complexity index is 875. The van der Waals surface area contributed by atoms with Crippen LogP contribution in [0.15, 0.2) is 54.6 Å². The predicted octanol–water partition coefficient (Wildman–Crippen LogP) is 5.30. The Hall–Kier alpha value is -2.92. The molecular formula is C23H24ClNO4. The van der Waals surface area contributed by atoms with Crippen molar-refractivity contribution < 1.29 is 19.1 Å². The smallest absolute Gasteiger partial charge is 0.331 e. The van der Waals surface area contributed by atoms with Gasteiger partial charge in [-0.2, -0.15) is 0 Å². The zero-order valence-corrected chi connectivity index (χ0v) is 17.1. The molecule has 29 heavy (non-hydrogen) atoms. The second kappa shape index (κ2) is 11.8. The standard InChI is InChI=1S/C23H24ClNO4/c1-2-3-4-9-22(27)25-19-13-10-18(11-14-19)21(26)16-29-23(28)15-12-17-7-5-6-8-20(17)24/h5-8,10-15H,2-4,9,16H2,1H3,(H,25,27)/b15-12+. The molecular weight excluding hydrogens is 390 g/mol. The molecule has 0 aromatic heterocycles. The van der Waals surface area contributed by atoms with Gasteiger partial charge in [0.15, 0.2) is 12.4 Å². The molecule has 0 radical (unpaired) electrons. The zero-order valence-electron chi connectivity index (χ0n) is 16.3. The van der Waals surface area contributed by atoms with E-state index in [1.54, 1.807) is 48.5 Å². The van der Waals surface area contributed by atoms with Gasteiger partial charge in [-0.15, -0.1) is 0 Å². The number of carbonyl (C=O) groups excluding carboxylic acids is 3. The Morgan fingerprint density at radius 3 is 2.45 bits per heavy atom. The zero-order chi connectivity index (χ0) is 21.1. The van der Waals surface area contributed by atoms with E-state index in [9.17, 15) is 14.4 Å². The molecule has 0 unspecified atom stereocenters. The fourth-order valence-electron chi connectivity index (χ4n) is 2.53. The summed E-state index contributed by atoms with van der Waals surface area (Å²) in [6.07, 6.45) is 6.18. The molecule has 152 valence electrons. The van der Waals surface area contributed by atoms with E-state index in [-0.39, 0.29) is 18.3 Å². The van der Waals surface area contributed by atoms with Crippen LogP contribution in [-0.2, 0) is 14.3 Å². The van der Waals surface area contributed by atoms with Gasteiger partial charge in [0.1, 0.15) is 0 Å². The molecule has 0 heterocycles. The van der Waals surface area contributed by atoms with Crippen LogP contribution in [0.25, 0.3) is 6.08 Å². The second-order valence-corrected chi connectivity index (χ2v) is 6.88. The molecule has 0 atom stereocenters. The van der Waals surface area contributed by atoms with Gasteiger partial charge in [0, 0.05) is 28.8 Å². The predicted molar refractivity (Wildman–Crippen MR) is 115 cm³/mol. The molecule has 2 aromatic carbocycles. The highest BCUT2D eigenvalue weighted by Gasteiger charge is 2.09. The summed E-state index contributed by atoms with van der Waals surface area (Å²) in [6, 6.07) is 13.6. The van der Waals surface area contributed by atoms with Crippen LogP contribution in [-0.4, -0.2) is 24.3 Å². The Labute approximate surface area is 175 Å². The number of Topliss-reactive ketones (excluding diaryl/α,β-unsaturated/α-hetero) is 1. The van der Waals surface area contributed by atoms with E-state index in [2.05, 4.69) is 12.2 Å². The summed E-state index contributed by atoms with van der Waals surface area (Å²) in [6.45, 7) is 1.72. The molecule has 2 aromatic rings. The number of carbonyl (C=O) groups is 3. The summed E-state index contributed by atoms with van der Waals surface area (Å²) in [5, 5.41) is 3.32. The third-order valence-electron chi connectivity index (χ3n) is 4.15. The van der Waals surface area contributed by atoms with E-state index in [4.69, 9.17) is 16.3 Å². The van der Waals surface area contributed by atoms with Crippen LogP contribution in [0.1, 0.15) is 48.5 Å². The van der Waals surface area contributed by atoms with Crippen molar-refractivity contribution in [3.8, 4) is 0 Å². The van der Waals surface area contributed by atoms with Crippen molar-refractivity contribution in [2.75, 3.05) is 11.9 Å². The van der Waals surface area contributed by atoms with Crippen molar-refractivity contribution in [3.63, 3.8) is 0 Å². The third kappa shape index (κ3) is 7.92. The van der Waals surface area contributed by atoms with Gasteiger partial charge in [0.2, 0.25) is 5.91 Å². The van der Waals surface area contributed by atoms with Gasteiger partial charge in [0.25, 0.3) is 0 Å². The summed E-state index contributed by atoms with van der Waals surface area (Å²) < 4.78 is 4.98. The van der Waals surface area contributed by atoms with E-state index in [1.165, 1.54) is 12.2 Å². The number of unbranched alkanes of at least 4 members (excludes halogenated alkanes) is 2. The maximum absolute atomic E-state index is 12.2. The number of esters is 1. The van der Waals surface area contributed by atoms with Crippen molar-refractivity contribution in [2.24, 2.45) is 0 Å². The normalized spacial score (nSPS) is 10.7. The number of rotatable bonds is 10. The average molecular weight is 414 g/mol. The van der Waals surface area contributed by atoms with Gasteiger partial charge in [-0.05, 0) is 48.4 Å². The largest absolute Gasteiger partial charge is 0.454 e. The molecule has 5 nitrogen and oxygen atoms in total. The maximum Gasteiger partial charge on any atom is 0.331 e. The third-order valence-corrected chi connectivity index (χ3v) is 4.49. The number of ether oxygens (including phenoxy) is 1. The first kappa shape index (κ1) is 22.4. The van der Waals surface area contributed by atoms with Crippen LogP contribution in [0.5, 0.6) is 0 Å². The SMILES string of the molecule is CCCCCC(=O)Nc1ccc(C(=O)COC(=O)/C=C/c2ccccc2Cl)cc1. The number of hydrogen-bond acceptors (Lipinski definition) is 4. The lowest BCUT2D eigenvalue weighted by Crippen LogP contribution is -2.13. The molecule has 0 saturated heterocycles. The molecule has 0 aliphatic carbocycles. The van der Waals surface area contributed by atoms with E-state index >= 15 is 0 Å². The number of benzene rings is 2. The molecule has 0 fully saturated rings. The number of amides is 1. The first-order valence-corrected chi connectivity index (χ1v) is 9.90. The maximum atomic E-state index is 12.2. The lowest BCUT2D eigenvalue weighted by Gasteiger charge is -2.06. The number of anilines is 1. The Morgan fingerprint density at radius 2 is 1.76 bits per heavy atom. The molecule has 1 amide bonds. The summed E-state index contributed by atoms with van der Waals surface area (Å²) in [4.78, 5) is 35.8. The first-order chi connectivity index (χ1) is 14.0. The minimum atomic E-state index is -0.630. The highest BCUT2D eigenvalue weighted by Crippen LogP contribution is 2.16. The summed E-state index contributed by atoms with van der Waals surface area (Å²) in [7, 11) is 0. The minimum Gasteiger partial charge on any atom is -0.454 e. The first-order valence-electron chi connectivity index (χ1n) is 9.52. The average Bonchev–Trinajstić information content (AvgIpc) is 2.72. The highest BCUT2D eigenvalue weighted by atomic mass is 35.5. The molecule has 1 N–H and O–H groups in total. The van der Waals surface area contributed by atoms with Crippen molar-refractivity contribution in [1.82, 2.24) is 0 Å². The van der Waals surface area contributed by atoms with Crippen LogP contribution >= 0.6 is 11.6 Å². The van der Waals surface area contributed by atoms with Gasteiger partial charge < -0.3 is 10.1 Å². The lowest BCUT2D eigenvalue weighted by molar-refractivity contribution is -0.136. The second-order valence-electron chi connectivity index (χ2n) is 6.47. The van der Waals surface area contributed by atoms with Crippen molar-refractivity contribution >= 4 is 41.0 Å². The van der Waals surface area contributed by atoms with Crippen LogP contribution < -0.4 is 5.32 Å². The molecule has 0 aliphatic rings. The van der Waals surface area contributed by atoms with Gasteiger partial charge in [0.05, 0.1) is 0 Å². The number of hydrogen-bond donors (Lipinski definition) is 1. The number of halogens is 1. The summed E-state index contributed by atoms with van der Waals surface area (Å²) in [5.41, 5.74) is 1.71. The lowest BCUT2D eigenvalue weighted by atomic mass is 10.1. The number of ketones is 1. The van der Waals surface area contributed by atoms with E-state index in [0.717, 1.165) is 19.3 Å². The fourth-order valence-corrected chi connectivity index (χ4v) is 2.73. The van der Waals surface area contributed by atoms with Crippen LogP contribution in [0.4, 0.5) is 5.69 Å². The summed E-state index contributed by atoms with van der Waals surface area (Å²) in [5.74, 6) is -1.00. The molecule has 6 heteroatoms. The summed E-state index contributed by atoms with van der Waals surface area (Å²) >= 11 is 6.01. The monoisotopic (exact) mass is 413 g/mol. The molecule has 0 aliphatic heterocycles.